The van der Waals surface area contributed by atoms with Crippen molar-refractivity contribution in [3.8, 4) is 39.1 Å². The maximum Gasteiger partial charge on any atom is 0.143 e. The molecule has 0 fully saturated rings. The van der Waals surface area contributed by atoms with Gasteiger partial charge < -0.3 is 13.9 Å². The van der Waals surface area contributed by atoms with Crippen molar-refractivity contribution >= 4 is 60.8 Å². The molecule has 0 saturated carbocycles. The van der Waals surface area contributed by atoms with Gasteiger partial charge in [-0.05, 0) is 71.3 Å². The Balaban J connectivity index is 1.18. The molecule has 268 valence electrons. The Morgan fingerprint density at radius 2 is 0.982 bits per heavy atom. The van der Waals surface area contributed by atoms with Crippen LogP contribution in [0.2, 0.25) is 0 Å². The lowest BCUT2D eigenvalue weighted by Crippen LogP contribution is -2.12. The molecule has 0 N–H and O–H groups in total. The van der Waals surface area contributed by atoms with Crippen LogP contribution in [0, 0.1) is 0 Å². The van der Waals surface area contributed by atoms with E-state index in [0.29, 0.717) is 0 Å². The fourth-order valence-electron chi connectivity index (χ4n) is 8.68. The lowest BCUT2D eigenvalue weighted by molar-refractivity contribution is 0.670. The Labute approximate surface area is 330 Å². The van der Waals surface area contributed by atoms with Gasteiger partial charge >= 0.3 is 0 Å². The maximum absolute atomic E-state index is 6.60. The fraction of sp³-hybridized carbons (Fsp3) is 0. The molecule has 0 aliphatic rings. The van der Waals surface area contributed by atoms with Crippen LogP contribution in [0.4, 0.5) is 17.1 Å². The lowest BCUT2D eigenvalue weighted by atomic mass is 9.96. The van der Waals surface area contributed by atoms with Crippen molar-refractivity contribution in [2.45, 2.75) is 0 Å². The van der Waals surface area contributed by atoms with E-state index in [-0.39, 0.29) is 0 Å². The molecule has 3 nitrogen and oxygen atoms in total. The molecule has 0 spiro atoms. The van der Waals surface area contributed by atoms with E-state index in [9.17, 15) is 0 Å². The first kappa shape index (κ1) is 32.8. The number of fused-ring (bicyclic) bond motifs is 6. The van der Waals surface area contributed by atoms with E-state index >= 15 is 0 Å². The Bertz CT molecular complexity index is 3230. The molecule has 0 aliphatic carbocycles. The fourth-order valence-corrected chi connectivity index (χ4v) is 8.68. The van der Waals surface area contributed by atoms with Crippen LogP contribution in [0.3, 0.4) is 0 Å². The zero-order valence-corrected chi connectivity index (χ0v) is 31.1. The van der Waals surface area contributed by atoms with Gasteiger partial charge in [-0.1, -0.05) is 164 Å². The molecule has 3 heteroatoms. The van der Waals surface area contributed by atoms with Crippen molar-refractivity contribution in [2.75, 3.05) is 4.90 Å². The zero-order chi connectivity index (χ0) is 37.7. The largest absolute Gasteiger partial charge is 0.455 e. The topological polar surface area (TPSA) is 21.3 Å². The van der Waals surface area contributed by atoms with Crippen molar-refractivity contribution in [2.24, 2.45) is 0 Å². The highest BCUT2D eigenvalue weighted by molar-refractivity contribution is 6.18. The minimum atomic E-state index is 0.895. The first-order chi connectivity index (χ1) is 28.3. The molecule has 2 aromatic heterocycles. The summed E-state index contributed by atoms with van der Waals surface area (Å²) in [7, 11) is 0. The molecule has 0 atom stereocenters. The van der Waals surface area contributed by atoms with Crippen LogP contribution in [0.5, 0.6) is 0 Å². The van der Waals surface area contributed by atoms with E-state index in [2.05, 4.69) is 222 Å². The van der Waals surface area contributed by atoms with E-state index in [1.807, 2.05) is 6.07 Å². The van der Waals surface area contributed by atoms with Gasteiger partial charge in [0.1, 0.15) is 11.2 Å². The van der Waals surface area contributed by atoms with Gasteiger partial charge in [0, 0.05) is 43.9 Å². The van der Waals surface area contributed by atoms with Gasteiger partial charge in [0.25, 0.3) is 0 Å². The number of benzene rings is 9. The maximum atomic E-state index is 6.60. The van der Waals surface area contributed by atoms with Gasteiger partial charge in [0.15, 0.2) is 0 Å². The van der Waals surface area contributed by atoms with Gasteiger partial charge in [-0.25, -0.2) is 0 Å². The number of furan rings is 1. The van der Waals surface area contributed by atoms with Crippen LogP contribution in [0.1, 0.15) is 0 Å². The highest BCUT2D eigenvalue weighted by Crippen LogP contribution is 2.48. The second-order valence-corrected chi connectivity index (χ2v) is 14.5. The van der Waals surface area contributed by atoms with Crippen LogP contribution >= 0.6 is 0 Å². The van der Waals surface area contributed by atoms with Crippen molar-refractivity contribution in [1.29, 1.82) is 0 Å². The van der Waals surface area contributed by atoms with Gasteiger partial charge in [0.05, 0.1) is 28.1 Å². The summed E-state index contributed by atoms with van der Waals surface area (Å²) in [5, 5.41) is 4.61. The average Bonchev–Trinajstić information content (AvgIpc) is 3.84. The standard InChI is InChI=1S/C54H36N2O/c1-4-18-37(19-5-1)39-34-35-49(46(36-39)38-20-6-2-7-21-38)55(40-22-8-3-9-23-40)50-31-17-32-51-53(50)45-26-11-14-30-48(45)56(51)47-29-13-10-24-41(47)43-27-16-28-44-42-25-12-15-33-52(42)57-54(43)44/h1-36H. The number of aromatic nitrogens is 1. The number of nitrogens with zero attached hydrogens (tertiary/aromatic N) is 2. The highest BCUT2D eigenvalue weighted by Gasteiger charge is 2.25. The first-order valence-corrected chi connectivity index (χ1v) is 19.4. The van der Waals surface area contributed by atoms with Gasteiger partial charge in [-0.3, -0.25) is 0 Å². The second kappa shape index (κ2) is 13.6. The Hall–Kier alpha value is -7.62. The molecule has 0 bridgehead atoms. The molecule has 2 heterocycles. The first-order valence-electron chi connectivity index (χ1n) is 19.4. The van der Waals surface area contributed by atoms with Crippen LogP contribution in [-0.4, -0.2) is 4.57 Å². The molecule has 11 aromatic rings. The molecule has 0 amide bonds. The van der Waals surface area contributed by atoms with Crippen LogP contribution in [0.25, 0.3) is 82.8 Å². The summed E-state index contributed by atoms with van der Waals surface area (Å²) in [6, 6.07) is 78.1. The third kappa shape index (κ3) is 5.43. The molecular formula is C54H36N2O. The van der Waals surface area contributed by atoms with Crippen molar-refractivity contribution in [3.63, 3.8) is 0 Å². The second-order valence-electron chi connectivity index (χ2n) is 14.5. The van der Waals surface area contributed by atoms with E-state index < -0.39 is 0 Å². The number of hydrogen-bond acceptors (Lipinski definition) is 2. The van der Waals surface area contributed by atoms with Crippen molar-refractivity contribution < 1.29 is 4.42 Å². The quantitative estimate of drug-likeness (QED) is 0.163. The minimum Gasteiger partial charge on any atom is -0.455 e. The summed E-state index contributed by atoms with van der Waals surface area (Å²) in [5.74, 6) is 0. The van der Waals surface area contributed by atoms with Gasteiger partial charge in [-0.15, -0.1) is 0 Å². The van der Waals surface area contributed by atoms with E-state index in [4.69, 9.17) is 4.42 Å². The molecule has 0 aliphatic heterocycles. The normalized spacial score (nSPS) is 11.5. The summed E-state index contributed by atoms with van der Waals surface area (Å²) >= 11 is 0. The Kier molecular flexibility index (Phi) is 7.82. The smallest absolute Gasteiger partial charge is 0.143 e. The SMILES string of the molecule is c1ccc(-c2ccc(N(c3ccccc3)c3cccc4c3c3ccccc3n4-c3ccccc3-c3cccc4c3oc3ccccc34)c(-c3ccccc3)c2)cc1. The van der Waals surface area contributed by atoms with E-state index in [1.54, 1.807) is 0 Å². The van der Waals surface area contributed by atoms with Crippen LogP contribution in [-0.2, 0) is 0 Å². The summed E-state index contributed by atoms with van der Waals surface area (Å²) in [5.41, 5.74) is 15.3. The zero-order valence-electron chi connectivity index (χ0n) is 31.1. The summed E-state index contributed by atoms with van der Waals surface area (Å²) in [6.45, 7) is 0. The molecule has 0 saturated heterocycles. The molecule has 11 rings (SSSR count). The molecule has 0 radical (unpaired) electrons. The number of para-hydroxylation sites is 5. The average molecular weight is 729 g/mol. The minimum absolute atomic E-state index is 0.895. The predicted molar refractivity (Wildman–Crippen MR) is 239 cm³/mol. The van der Waals surface area contributed by atoms with Gasteiger partial charge in [-0.2, -0.15) is 0 Å². The summed E-state index contributed by atoms with van der Waals surface area (Å²) in [6.07, 6.45) is 0. The van der Waals surface area contributed by atoms with Crippen LogP contribution < -0.4 is 4.90 Å². The Morgan fingerprint density at radius 3 is 1.81 bits per heavy atom. The van der Waals surface area contributed by atoms with E-state index in [1.165, 1.54) is 21.9 Å². The Morgan fingerprint density at radius 1 is 0.368 bits per heavy atom. The van der Waals surface area contributed by atoms with E-state index in [0.717, 1.165) is 78.0 Å². The molecular weight excluding hydrogens is 693 g/mol. The number of hydrogen-bond donors (Lipinski definition) is 0. The lowest BCUT2D eigenvalue weighted by Gasteiger charge is -2.29. The van der Waals surface area contributed by atoms with Crippen LogP contribution in [0.15, 0.2) is 223 Å². The summed E-state index contributed by atoms with van der Waals surface area (Å²) in [4.78, 5) is 2.44. The molecule has 57 heavy (non-hydrogen) atoms. The predicted octanol–water partition coefficient (Wildman–Crippen LogP) is 15.2. The monoisotopic (exact) mass is 728 g/mol. The highest BCUT2D eigenvalue weighted by atomic mass is 16.3. The number of rotatable bonds is 7. The summed E-state index contributed by atoms with van der Waals surface area (Å²) < 4.78 is 9.04. The third-order valence-corrected chi connectivity index (χ3v) is 11.2. The third-order valence-electron chi connectivity index (χ3n) is 11.2. The van der Waals surface area contributed by atoms with Gasteiger partial charge in [0.2, 0.25) is 0 Å². The van der Waals surface area contributed by atoms with Crippen molar-refractivity contribution in [1.82, 2.24) is 4.57 Å². The number of anilines is 3. The molecule has 0 unspecified atom stereocenters. The molecule has 9 aromatic carbocycles. The van der Waals surface area contributed by atoms with Crippen molar-refractivity contribution in [3.05, 3.63) is 218 Å².